The Kier molecular flexibility index (Phi) is 11.7. The molecule has 0 aliphatic carbocycles. The summed E-state index contributed by atoms with van der Waals surface area (Å²) < 4.78 is 235. The average molecular weight is 1540 g/mol. The van der Waals surface area contributed by atoms with Crippen molar-refractivity contribution in [1.29, 1.82) is 0 Å². The van der Waals surface area contributed by atoms with Crippen LogP contribution >= 0.6 is 0 Å². The monoisotopic (exact) mass is 1540 g/mol. The van der Waals surface area contributed by atoms with Crippen LogP contribution in [-0.2, 0) is 0 Å². The van der Waals surface area contributed by atoms with Gasteiger partial charge in [0.25, 0.3) is 0 Å². The second-order valence-corrected chi connectivity index (χ2v) is 29.2. The first-order valence-electron chi connectivity index (χ1n) is 50.9. The van der Waals surface area contributed by atoms with E-state index >= 15 is 0 Å². The zero-order valence-corrected chi connectivity index (χ0v) is 62.9. The second-order valence-electron chi connectivity index (χ2n) is 29.2. The molecule has 0 amide bonds. The van der Waals surface area contributed by atoms with Crippen molar-refractivity contribution in [2.24, 2.45) is 0 Å². The van der Waals surface area contributed by atoms with Crippen molar-refractivity contribution < 1.29 is 46.1 Å². The van der Waals surface area contributed by atoms with Crippen LogP contribution in [0.4, 0.5) is 0 Å². The van der Waals surface area contributed by atoms with Crippen LogP contribution in [-0.4, -0.2) is 0 Å². The minimum Gasteiger partial charge on any atom is -0.456 e. The lowest BCUT2D eigenvalue weighted by Gasteiger charge is -2.19. The second kappa shape index (κ2) is 28.7. The molecule has 0 saturated heterocycles. The molecule has 0 spiro atoms. The van der Waals surface area contributed by atoms with Crippen molar-refractivity contribution in [2.75, 3.05) is 0 Å². The Hall–Kier alpha value is -15.7. The molecule has 119 heavy (non-hydrogen) atoms. The van der Waals surface area contributed by atoms with Gasteiger partial charge in [-0.1, -0.05) is 388 Å². The standard InChI is InChI=1S/C42H26O.C38H24O.C36H22O/c1-2-13-27(14-3-1)37-26-29(25-28-15-4-5-16-30(28)37)40-31-17-6-8-19-33(31)41(34-20-9-7-18-32(34)40)36-22-12-24-39-42(36)35-21-10-11-23-38(35)43-39;1-2-11-25(12-3-1)26-21-23-27(24-22-26)36-28-13-4-6-15-30(28)37(31-16-7-5-14-29(31)36)33-18-10-20-35-38(33)32-17-8-9-19-34(32)39-35;1-2-13-24-23(11-1)12-9-19-25(24)34-26-14-3-5-16-28(26)35(29-17-6-4-15-27(29)34)31-20-10-22-33-36(31)30-18-7-8-21-32(30)37-33/h1-26H;1-24H;1-22H/i6D,7D,8D,9D,17D,18D,19D,20D;4D,5D,6D,7D,13D,14D,15D,16D;3D,4D,5D,6D,14D,15D,16D,17D. The molecule has 22 aromatic carbocycles. The van der Waals surface area contributed by atoms with E-state index in [1.807, 2.05) is 273 Å². The van der Waals surface area contributed by atoms with Crippen molar-refractivity contribution in [1.82, 2.24) is 0 Å². The number of para-hydroxylation sites is 3. The predicted molar refractivity (Wildman–Crippen MR) is 505 cm³/mol. The number of rotatable bonds is 8. The smallest absolute Gasteiger partial charge is 0.136 e. The maximum absolute atomic E-state index is 9.41. The Labute approximate surface area is 720 Å². The normalized spacial score (nSPS) is 14.5. The first-order valence-corrected chi connectivity index (χ1v) is 38.9. The molecule has 0 aliphatic rings. The molecule has 0 aliphatic heterocycles. The molecule has 25 aromatic rings. The van der Waals surface area contributed by atoms with Gasteiger partial charge in [-0.05, 0) is 224 Å². The lowest BCUT2D eigenvalue weighted by molar-refractivity contribution is 0.668. The summed E-state index contributed by atoms with van der Waals surface area (Å²) >= 11 is 0. The molecule has 0 bridgehead atoms. The van der Waals surface area contributed by atoms with E-state index in [1.54, 1.807) is 18.2 Å². The first kappa shape index (κ1) is 48.5. The van der Waals surface area contributed by atoms with Crippen molar-refractivity contribution in [2.45, 2.75) is 0 Å². The highest BCUT2D eigenvalue weighted by Gasteiger charge is 2.26. The molecule has 25 rings (SSSR count). The van der Waals surface area contributed by atoms with E-state index < -0.39 is 72.5 Å². The van der Waals surface area contributed by atoms with Crippen LogP contribution < -0.4 is 0 Å². The fourth-order valence-corrected chi connectivity index (χ4v) is 17.7. The topological polar surface area (TPSA) is 39.4 Å². The largest absolute Gasteiger partial charge is 0.456 e. The van der Waals surface area contributed by atoms with Gasteiger partial charge >= 0.3 is 0 Å². The van der Waals surface area contributed by atoms with Crippen LogP contribution in [0.2, 0.25) is 0 Å². The molecule has 3 heteroatoms. The highest BCUT2D eigenvalue weighted by atomic mass is 16.3. The van der Waals surface area contributed by atoms with E-state index in [0.29, 0.717) is 116 Å². The van der Waals surface area contributed by atoms with Crippen LogP contribution in [0.5, 0.6) is 0 Å². The highest BCUT2D eigenvalue weighted by molar-refractivity contribution is 6.30. The quantitative estimate of drug-likeness (QED) is 0.142. The summed E-state index contributed by atoms with van der Waals surface area (Å²) in [7, 11) is 0. The van der Waals surface area contributed by atoms with Gasteiger partial charge in [0.1, 0.15) is 33.5 Å². The minimum absolute atomic E-state index is 0.167. The molecule has 3 aromatic heterocycles. The summed E-state index contributed by atoms with van der Waals surface area (Å²) in [6.07, 6.45) is 0. The molecule has 0 atom stereocenters. The van der Waals surface area contributed by atoms with Crippen LogP contribution in [0.15, 0.2) is 449 Å². The lowest BCUT2D eigenvalue weighted by Crippen LogP contribution is -1.92. The van der Waals surface area contributed by atoms with E-state index in [-0.39, 0.29) is 137 Å². The lowest BCUT2D eigenvalue weighted by atomic mass is 9.83. The molecular weight excluding hydrogens is 1440 g/mol. The third-order valence-corrected chi connectivity index (χ3v) is 22.7. The highest BCUT2D eigenvalue weighted by Crippen LogP contribution is 2.53. The van der Waals surface area contributed by atoms with E-state index in [9.17, 15) is 16.4 Å². The van der Waals surface area contributed by atoms with Gasteiger partial charge < -0.3 is 13.3 Å². The summed E-state index contributed by atoms with van der Waals surface area (Å²) in [5, 5.41) is 10.0. The molecule has 3 nitrogen and oxygen atoms in total. The van der Waals surface area contributed by atoms with Gasteiger partial charge in [-0.15, -0.1) is 0 Å². The van der Waals surface area contributed by atoms with Crippen LogP contribution in [0.3, 0.4) is 0 Å². The van der Waals surface area contributed by atoms with E-state index in [1.165, 1.54) is 0 Å². The molecule has 0 fully saturated rings. The van der Waals surface area contributed by atoms with Gasteiger partial charge in [0, 0.05) is 32.3 Å². The fraction of sp³-hybridized carbons (Fsp3) is 0. The molecule has 554 valence electrons. The third kappa shape index (κ3) is 11.5. The summed E-state index contributed by atoms with van der Waals surface area (Å²) in [5.74, 6) is 0. The van der Waals surface area contributed by atoms with Crippen LogP contribution in [0, 0.1) is 0 Å². The minimum atomic E-state index is -0.437. The van der Waals surface area contributed by atoms with Gasteiger partial charge in [-0.25, -0.2) is 0 Å². The first-order chi connectivity index (χ1) is 69.1. The molecule has 3 heterocycles. The number of hydrogen-bond acceptors (Lipinski definition) is 3. The maximum atomic E-state index is 9.41. The number of hydrogen-bond donors (Lipinski definition) is 0. The van der Waals surface area contributed by atoms with Gasteiger partial charge in [-0.3, -0.25) is 0 Å². The van der Waals surface area contributed by atoms with Gasteiger partial charge in [0.15, 0.2) is 0 Å². The van der Waals surface area contributed by atoms with Gasteiger partial charge in [-0.2, -0.15) is 0 Å². The van der Waals surface area contributed by atoms with E-state index in [0.717, 1.165) is 60.0 Å². The Balaban J connectivity index is 0.000000119. The summed E-state index contributed by atoms with van der Waals surface area (Å²) in [6.45, 7) is 0. The maximum Gasteiger partial charge on any atom is 0.136 e. The Morgan fingerprint density at radius 2 is 0.412 bits per heavy atom. The zero-order valence-electron chi connectivity index (χ0n) is 86.9. The number of fused-ring (bicyclic) bond motifs is 17. The van der Waals surface area contributed by atoms with Gasteiger partial charge in [0.2, 0.25) is 0 Å². The number of benzene rings is 22. The van der Waals surface area contributed by atoms with E-state index in [4.69, 9.17) is 29.7 Å². The Morgan fingerprint density at radius 3 is 0.807 bits per heavy atom. The summed E-state index contributed by atoms with van der Waals surface area (Å²) in [6, 6.07) is 82.2. The average Bonchev–Trinajstić information content (AvgIpc) is 1.50. The van der Waals surface area contributed by atoms with Crippen LogP contribution in [0.1, 0.15) is 32.9 Å². The zero-order chi connectivity index (χ0) is 99.3. The Morgan fingerprint density at radius 1 is 0.151 bits per heavy atom. The van der Waals surface area contributed by atoms with E-state index in [2.05, 4.69) is 0 Å². The summed E-state index contributed by atoms with van der Waals surface area (Å²) in [4.78, 5) is 0. The van der Waals surface area contributed by atoms with Crippen molar-refractivity contribution in [3.05, 3.63) is 436 Å². The SMILES string of the molecule is [2H]c1c([2H])c([2H])c2c(-c3cccc4oc5ccccc5c34)c3c([2H])c([2H])c([2H])c([2H])c3c(-c3cc(-c4ccccc4)c4ccccc4c3)c2c1[2H].[2H]c1c([2H])c([2H])c2c(-c3cccc4oc5ccccc5c34)c3c([2H])c([2H])c([2H])c([2H])c3c(-c3ccc(-c4ccccc4)cc3)c2c1[2H].[2H]c1c([2H])c([2H])c2c(-c3cccc4oc5ccccc5c34)c3c([2H])c([2H])c([2H])c([2H])c3c(-c3cccc4ccccc34)c2c1[2H]. The molecule has 0 saturated carbocycles. The van der Waals surface area contributed by atoms with Gasteiger partial charge in [0.05, 0.1) is 32.9 Å². The Bertz CT molecular complexity index is 9660. The van der Waals surface area contributed by atoms with Crippen molar-refractivity contribution in [3.63, 3.8) is 0 Å². The molecular formula is C116H72O3. The van der Waals surface area contributed by atoms with Crippen molar-refractivity contribution in [3.8, 4) is 89.0 Å². The predicted octanol–water partition coefficient (Wildman–Crippen LogP) is 33.3. The van der Waals surface area contributed by atoms with Crippen molar-refractivity contribution >= 4 is 152 Å². The molecule has 0 unspecified atom stereocenters. The molecule has 0 N–H and O–H groups in total. The fourth-order valence-electron chi connectivity index (χ4n) is 17.7. The van der Waals surface area contributed by atoms with Crippen LogP contribution in [0.25, 0.3) is 241 Å². The third-order valence-electron chi connectivity index (χ3n) is 22.7. The number of furan rings is 3. The molecule has 0 radical (unpaired) electrons. The summed E-state index contributed by atoms with van der Waals surface area (Å²) in [5.41, 5.74) is 12.5.